The lowest BCUT2D eigenvalue weighted by molar-refractivity contribution is -0.166. The predicted octanol–water partition coefficient (Wildman–Crippen LogP) is 3.26. The van der Waals surface area contributed by atoms with Gasteiger partial charge in [-0.1, -0.05) is 39.5 Å². The van der Waals surface area contributed by atoms with Crippen molar-refractivity contribution in [1.82, 2.24) is 0 Å². The van der Waals surface area contributed by atoms with Gasteiger partial charge in [0.25, 0.3) is 0 Å². The molecule has 0 amide bonds. The van der Waals surface area contributed by atoms with Gasteiger partial charge in [0, 0.05) is 5.41 Å². The zero-order valence-corrected chi connectivity index (χ0v) is 11.5. The first-order chi connectivity index (χ1) is 7.93. The summed E-state index contributed by atoms with van der Waals surface area (Å²) in [7, 11) is 0. The minimum atomic E-state index is -0.621. The van der Waals surface area contributed by atoms with Crippen molar-refractivity contribution in [2.45, 2.75) is 77.2 Å². The molecule has 2 heteroatoms. The van der Waals surface area contributed by atoms with Crippen LogP contribution in [0.3, 0.4) is 0 Å². The highest BCUT2D eigenvalue weighted by Gasteiger charge is 2.53. The SMILES string of the molecule is CC1(C)CCCC(O)(C2(CO)CCCCC2)C1. The fraction of sp³-hybridized carbons (Fsp3) is 1.00. The molecule has 2 rings (SSSR count). The van der Waals surface area contributed by atoms with E-state index in [0.29, 0.717) is 0 Å². The van der Waals surface area contributed by atoms with Crippen molar-refractivity contribution < 1.29 is 10.2 Å². The molecule has 0 saturated heterocycles. The van der Waals surface area contributed by atoms with Gasteiger partial charge >= 0.3 is 0 Å². The van der Waals surface area contributed by atoms with Gasteiger partial charge in [0.2, 0.25) is 0 Å². The number of rotatable bonds is 2. The third-order valence-corrected chi connectivity index (χ3v) is 5.32. The lowest BCUT2D eigenvalue weighted by Crippen LogP contribution is -2.55. The maximum Gasteiger partial charge on any atom is 0.0730 e. The van der Waals surface area contributed by atoms with E-state index in [0.717, 1.165) is 32.1 Å². The molecule has 0 aromatic carbocycles. The first kappa shape index (κ1) is 13.4. The van der Waals surface area contributed by atoms with Gasteiger partial charge in [-0.05, 0) is 37.5 Å². The van der Waals surface area contributed by atoms with Gasteiger partial charge in [0.05, 0.1) is 12.2 Å². The second-order valence-electron chi connectivity index (χ2n) is 7.23. The molecule has 0 spiro atoms. The van der Waals surface area contributed by atoms with Crippen LogP contribution in [0.15, 0.2) is 0 Å². The van der Waals surface area contributed by atoms with Crippen molar-refractivity contribution in [1.29, 1.82) is 0 Å². The molecule has 2 aliphatic carbocycles. The van der Waals surface area contributed by atoms with Gasteiger partial charge in [-0.15, -0.1) is 0 Å². The van der Waals surface area contributed by atoms with E-state index in [2.05, 4.69) is 13.8 Å². The summed E-state index contributed by atoms with van der Waals surface area (Å²) >= 11 is 0. The summed E-state index contributed by atoms with van der Waals surface area (Å²) in [6.07, 6.45) is 9.68. The molecule has 2 fully saturated rings. The topological polar surface area (TPSA) is 40.5 Å². The average Bonchev–Trinajstić information content (AvgIpc) is 2.28. The zero-order valence-electron chi connectivity index (χ0n) is 11.5. The second kappa shape index (κ2) is 4.55. The standard InChI is InChI=1S/C15H28O2/c1-13(2)7-6-10-15(17,11-13)14(12-16)8-4-3-5-9-14/h16-17H,3-12H2,1-2H3. The lowest BCUT2D eigenvalue weighted by Gasteiger charge is -2.54. The van der Waals surface area contributed by atoms with Gasteiger partial charge in [-0.2, -0.15) is 0 Å². The maximum atomic E-state index is 11.1. The van der Waals surface area contributed by atoms with Crippen molar-refractivity contribution >= 4 is 0 Å². The minimum absolute atomic E-state index is 0.166. The van der Waals surface area contributed by atoms with Crippen LogP contribution < -0.4 is 0 Å². The smallest absolute Gasteiger partial charge is 0.0730 e. The molecule has 2 aliphatic rings. The second-order valence-corrected chi connectivity index (χ2v) is 7.23. The van der Waals surface area contributed by atoms with Gasteiger partial charge in [-0.3, -0.25) is 0 Å². The van der Waals surface area contributed by atoms with E-state index in [4.69, 9.17) is 0 Å². The molecule has 2 nitrogen and oxygen atoms in total. The Hall–Kier alpha value is -0.0800. The lowest BCUT2D eigenvalue weighted by atomic mass is 9.55. The van der Waals surface area contributed by atoms with Crippen LogP contribution in [0.1, 0.15) is 71.6 Å². The van der Waals surface area contributed by atoms with E-state index in [1.807, 2.05) is 0 Å². The highest BCUT2D eigenvalue weighted by Crippen LogP contribution is 2.54. The third-order valence-electron chi connectivity index (χ3n) is 5.32. The highest BCUT2D eigenvalue weighted by molar-refractivity contribution is 5.04. The van der Waals surface area contributed by atoms with Crippen LogP contribution in [0, 0.1) is 10.8 Å². The molecule has 0 aliphatic heterocycles. The summed E-state index contributed by atoms with van der Waals surface area (Å²) < 4.78 is 0. The highest BCUT2D eigenvalue weighted by atomic mass is 16.3. The molecule has 0 radical (unpaired) electrons. The Morgan fingerprint density at radius 1 is 0.882 bits per heavy atom. The van der Waals surface area contributed by atoms with Crippen LogP contribution in [-0.4, -0.2) is 22.4 Å². The maximum absolute atomic E-state index is 11.1. The molecule has 1 unspecified atom stereocenters. The molecule has 0 heterocycles. The van der Waals surface area contributed by atoms with Crippen LogP contribution in [0.2, 0.25) is 0 Å². The van der Waals surface area contributed by atoms with Crippen LogP contribution in [0.4, 0.5) is 0 Å². The van der Waals surface area contributed by atoms with Gasteiger partial charge < -0.3 is 10.2 Å². The largest absolute Gasteiger partial charge is 0.396 e. The molecule has 100 valence electrons. The third kappa shape index (κ3) is 2.39. The minimum Gasteiger partial charge on any atom is -0.396 e. The monoisotopic (exact) mass is 240 g/mol. The Labute approximate surface area is 105 Å². The van der Waals surface area contributed by atoms with Crippen LogP contribution in [-0.2, 0) is 0 Å². The Morgan fingerprint density at radius 2 is 1.53 bits per heavy atom. The Balaban J connectivity index is 2.22. The van der Waals surface area contributed by atoms with Crippen molar-refractivity contribution in [3.05, 3.63) is 0 Å². The fourth-order valence-electron chi connectivity index (χ4n) is 4.28. The summed E-state index contributed by atoms with van der Waals surface area (Å²) in [4.78, 5) is 0. The van der Waals surface area contributed by atoms with Crippen molar-refractivity contribution in [3.63, 3.8) is 0 Å². The Bertz CT molecular complexity index is 266. The van der Waals surface area contributed by atoms with Gasteiger partial charge in [-0.25, -0.2) is 0 Å². The van der Waals surface area contributed by atoms with Gasteiger partial charge in [0.1, 0.15) is 0 Å². The van der Waals surface area contributed by atoms with Crippen molar-refractivity contribution in [3.8, 4) is 0 Å². The summed E-state index contributed by atoms with van der Waals surface area (Å²) in [6.45, 7) is 4.68. The molecule has 2 N–H and O–H groups in total. The van der Waals surface area contributed by atoms with Crippen LogP contribution in [0.25, 0.3) is 0 Å². The van der Waals surface area contributed by atoms with Gasteiger partial charge in [0.15, 0.2) is 0 Å². The van der Waals surface area contributed by atoms with Crippen LogP contribution >= 0.6 is 0 Å². The van der Waals surface area contributed by atoms with E-state index in [1.165, 1.54) is 25.7 Å². The van der Waals surface area contributed by atoms with Crippen molar-refractivity contribution in [2.24, 2.45) is 10.8 Å². The van der Waals surface area contributed by atoms with E-state index in [9.17, 15) is 10.2 Å². The molecular formula is C15H28O2. The number of aliphatic hydroxyl groups excluding tert-OH is 1. The molecule has 0 bridgehead atoms. The first-order valence-electron chi connectivity index (χ1n) is 7.26. The molecule has 17 heavy (non-hydrogen) atoms. The molecule has 2 saturated carbocycles. The van der Waals surface area contributed by atoms with Crippen molar-refractivity contribution in [2.75, 3.05) is 6.61 Å². The number of aliphatic hydroxyl groups is 2. The molecule has 0 aromatic heterocycles. The number of hydrogen-bond donors (Lipinski definition) is 2. The van der Waals surface area contributed by atoms with E-state index >= 15 is 0 Å². The quantitative estimate of drug-likeness (QED) is 0.778. The van der Waals surface area contributed by atoms with E-state index in [1.54, 1.807) is 0 Å². The number of hydrogen-bond acceptors (Lipinski definition) is 2. The average molecular weight is 240 g/mol. The van der Waals surface area contributed by atoms with Crippen LogP contribution in [0.5, 0.6) is 0 Å². The summed E-state index contributed by atoms with van der Waals surface area (Å²) in [5.41, 5.74) is -0.598. The predicted molar refractivity (Wildman–Crippen MR) is 69.8 cm³/mol. The normalized spacial score (nSPS) is 36.7. The van der Waals surface area contributed by atoms with E-state index < -0.39 is 5.60 Å². The summed E-state index contributed by atoms with van der Waals surface area (Å²) in [5.74, 6) is 0. The van der Waals surface area contributed by atoms with E-state index in [-0.39, 0.29) is 17.4 Å². The molecular weight excluding hydrogens is 212 g/mol. The molecule has 1 atom stereocenters. The summed E-state index contributed by atoms with van der Waals surface area (Å²) in [5, 5.41) is 21.0. The fourth-order valence-corrected chi connectivity index (χ4v) is 4.28. The zero-order chi connectivity index (χ0) is 12.6. The Kier molecular flexibility index (Phi) is 3.57. The summed E-state index contributed by atoms with van der Waals surface area (Å²) in [6, 6.07) is 0. The molecule has 0 aromatic rings. The Morgan fingerprint density at radius 3 is 2.06 bits per heavy atom. The first-order valence-corrected chi connectivity index (χ1v) is 7.26.